The molecule has 1 amide bonds. The predicted molar refractivity (Wildman–Crippen MR) is 124 cm³/mol. The van der Waals surface area contributed by atoms with Gasteiger partial charge in [0.1, 0.15) is 0 Å². The van der Waals surface area contributed by atoms with Crippen molar-refractivity contribution in [1.29, 1.82) is 0 Å². The van der Waals surface area contributed by atoms with E-state index in [0.717, 1.165) is 19.3 Å². The standard InChI is InChI=1S/C22H23ClN4O5S/c1-14(32-22(29)20-16-7-3-4-8-18(16)25-26-20)21(28)24-19-13-15(9-10-17(19)23)33(30,31)27-11-5-2-6-12-27/h3-4,7-10,13-14H,2,5-6,11-12H2,1H3,(H,24,28)(H,25,26)/t14-/m1/s1. The minimum absolute atomic E-state index is 0.0386. The fourth-order valence-corrected chi connectivity index (χ4v) is 5.35. The Bertz CT molecular complexity index is 1300. The number of nitrogens with zero attached hydrogens (tertiary/aromatic N) is 2. The molecule has 11 heteroatoms. The van der Waals surface area contributed by atoms with Gasteiger partial charge in [0.05, 0.1) is 21.1 Å². The van der Waals surface area contributed by atoms with E-state index in [1.807, 2.05) is 0 Å². The second-order valence-electron chi connectivity index (χ2n) is 7.76. The number of amides is 1. The molecule has 1 fully saturated rings. The van der Waals surface area contributed by atoms with E-state index >= 15 is 0 Å². The second kappa shape index (κ2) is 9.50. The number of aromatic nitrogens is 2. The van der Waals surface area contributed by atoms with E-state index in [1.165, 1.54) is 29.4 Å². The highest BCUT2D eigenvalue weighted by atomic mass is 35.5. The fraction of sp³-hybridized carbons (Fsp3) is 0.318. The van der Waals surface area contributed by atoms with Crippen molar-refractivity contribution in [2.75, 3.05) is 18.4 Å². The SMILES string of the molecule is C[C@@H](OC(=O)c1n[nH]c2ccccc12)C(=O)Nc1cc(S(=O)(=O)N2CCCCC2)ccc1Cl. The molecule has 1 aliphatic rings. The molecular weight excluding hydrogens is 468 g/mol. The molecule has 33 heavy (non-hydrogen) atoms. The van der Waals surface area contributed by atoms with Crippen LogP contribution >= 0.6 is 11.6 Å². The van der Waals surface area contributed by atoms with Gasteiger partial charge in [-0.1, -0.05) is 36.2 Å². The summed E-state index contributed by atoms with van der Waals surface area (Å²) in [6.07, 6.45) is 1.44. The van der Waals surface area contributed by atoms with Gasteiger partial charge < -0.3 is 10.1 Å². The van der Waals surface area contributed by atoms with E-state index in [2.05, 4.69) is 15.5 Å². The molecule has 2 heterocycles. The fourth-order valence-electron chi connectivity index (χ4n) is 3.64. The highest BCUT2D eigenvalue weighted by Crippen LogP contribution is 2.28. The number of fused-ring (bicyclic) bond motifs is 1. The van der Waals surface area contributed by atoms with Gasteiger partial charge in [0.15, 0.2) is 11.8 Å². The number of nitrogens with one attached hydrogen (secondary N) is 2. The zero-order valence-corrected chi connectivity index (χ0v) is 19.4. The number of para-hydroxylation sites is 1. The van der Waals surface area contributed by atoms with Crippen LogP contribution < -0.4 is 5.32 Å². The molecule has 0 saturated carbocycles. The van der Waals surface area contributed by atoms with Crippen LogP contribution in [0.2, 0.25) is 5.02 Å². The Morgan fingerprint density at radius 2 is 1.88 bits per heavy atom. The number of anilines is 1. The molecule has 1 saturated heterocycles. The molecule has 1 aromatic heterocycles. The van der Waals surface area contributed by atoms with Crippen LogP contribution in [0.5, 0.6) is 0 Å². The van der Waals surface area contributed by atoms with Gasteiger partial charge in [-0.05, 0) is 44.0 Å². The Labute approximate surface area is 196 Å². The number of carbonyl (C=O) groups excluding carboxylic acids is 2. The summed E-state index contributed by atoms with van der Waals surface area (Å²) in [5.41, 5.74) is 0.853. The molecule has 1 atom stereocenters. The lowest BCUT2D eigenvalue weighted by atomic mass is 10.2. The van der Waals surface area contributed by atoms with Crippen molar-refractivity contribution in [3.8, 4) is 0 Å². The van der Waals surface area contributed by atoms with Gasteiger partial charge in [-0.3, -0.25) is 9.89 Å². The first kappa shape index (κ1) is 23.2. The second-order valence-corrected chi connectivity index (χ2v) is 10.1. The Hall–Kier alpha value is -2.95. The van der Waals surface area contributed by atoms with Gasteiger partial charge in [-0.25, -0.2) is 13.2 Å². The van der Waals surface area contributed by atoms with Crippen LogP contribution in [0.25, 0.3) is 10.9 Å². The summed E-state index contributed by atoms with van der Waals surface area (Å²) < 4.78 is 32.6. The maximum atomic E-state index is 12.9. The summed E-state index contributed by atoms with van der Waals surface area (Å²) in [6.45, 7) is 2.33. The van der Waals surface area contributed by atoms with Crippen molar-refractivity contribution in [2.45, 2.75) is 37.2 Å². The van der Waals surface area contributed by atoms with Crippen molar-refractivity contribution in [3.63, 3.8) is 0 Å². The normalized spacial score (nSPS) is 15.8. The van der Waals surface area contributed by atoms with E-state index in [-0.39, 0.29) is 21.3 Å². The zero-order valence-electron chi connectivity index (χ0n) is 17.9. The number of ether oxygens (including phenoxy) is 1. The molecule has 2 N–H and O–H groups in total. The Balaban J connectivity index is 1.47. The average Bonchev–Trinajstić information content (AvgIpc) is 3.25. The summed E-state index contributed by atoms with van der Waals surface area (Å²) in [5.74, 6) is -1.42. The lowest BCUT2D eigenvalue weighted by molar-refractivity contribution is -0.123. The molecule has 1 aliphatic heterocycles. The molecule has 174 valence electrons. The number of rotatable bonds is 6. The molecule has 0 aliphatic carbocycles. The molecule has 2 aromatic carbocycles. The smallest absolute Gasteiger partial charge is 0.360 e. The first-order valence-corrected chi connectivity index (χ1v) is 12.3. The van der Waals surface area contributed by atoms with Crippen molar-refractivity contribution < 1.29 is 22.7 Å². The minimum Gasteiger partial charge on any atom is -0.448 e. The number of hydrogen-bond donors (Lipinski definition) is 2. The number of carbonyl (C=O) groups is 2. The quantitative estimate of drug-likeness (QED) is 0.509. The van der Waals surface area contributed by atoms with Crippen LogP contribution in [0.4, 0.5) is 5.69 Å². The highest BCUT2D eigenvalue weighted by Gasteiger charge is 2.27. The largest absolute Gasteiger partial charge is 0.448 e. The minimum atomic E-state index is -3.70. The van der Waals surface area contributed by atoms with Gasteiger partial charge in [-0.15, -0.1) is 0 Å². The van der Waals surface area contributed by atoms with Gasteiger partial charge in [-0.2, -0.15) is 9.40 Å². The number of piperidine rings is 1. The summed E-state index contributed by atoms with van der Waals surface area (Å²) in [5, 5.41) is 10.00. The summed E-state index contributed by atoms with van der Waals surface area (Å²) in [4.78, 5) is 25.2. The Morgan fingerprint density at radius 3 is 2.64 bits per heavy atom. The van der Waals surface area contributed by atoms with E-state index in [1.54, 1.807) is 24.3 Å². The van der Waals surface area contributed by atoms with Crippen molar-refractivity contribution in [1.82, 2.24) is 14.5 Å². The highest BCUT2D eigenvalue weighted by molar-refractivity contribution is 7.89. The zero-order chi connectivity index (χ0) is 23.6. The van der Waals surface area contributed by atoms with E-state index in [4.69, 9.17) is 16.3 Å². The van der Waals surface area contributed by atoms with Crippen LogP contribution in [-0.4, -0.2) is 54.0 Å². The molecule has 0 spiro atoms. The van der Waals surface area contributed by atoms with Gasteiger partial charge >= 0.3 is 5.97 Å². The third kappa shape index (κ3) is 4.87. The van der Waals surface area contributed by atoms with Crippen LogP contribution in [0.15, 0.2) is 47.4 Å². The Morgan fingerprint density at radius 1 is 1.15 bits per heavy atom. The maximum Gasteiger partial charge on any atom is 0.360 e. The number of esters is 1. The summed E-state index contributed by atoms with van der Waals surface area (Å²) in [7, 11) is -3.70. The molecule has 9 nitrogen and oxygen atoms in total. The van der Waals surface area contributed by atoms with Gasteiger partial charge in [0, 0.05) is 18.5 Å². The first-order valence-electron chi connectivity index (χ1n) is 10.5. The van der Waals surface area contributed by atoms with Gasteiger partial charge in [0.25, 0.3) is 5.91 Å². The number of aromatic amines is 1. The molecule has 4 rings (SSSR count). The topological polar surface area (TPSA) is 121 Å². The van der Waals surface area contributed by atoms with Crippen LogP contribution in [0.1, 0.15) is 36.7 Å². The summed E-state index contributed by atoms with van der Waals surface area (Å²) in [6, 6.07) is 11.2. The van der Waals surface area contributed by atoms with Crippen molar-refractivity contribution >= 4 is 50.1 Å². The molecule has 0 bridgehead atoms. The maximum absolute atomic E-state index is 12.9. The lowest BCUT2D eigenvalue weighted by Crippen LogP contribution is -2.35. The predicted octanol–water partition coefficient (Wildman–Crippen LogP) is 3.57. The number of halogens is 1. The van der Waals surface area contributed by atoms with E-state index < -0.39 is 28.0 Å². The van der Waals surface area contributed by atoms with Crippen LogP contribution in [-0.2, 0) is 19.6 Å². The molecule has 0 radical (unpaired) electrons. The molecule has 0 unspecified atom stereocenters. The molecule has 3 aromatic rings. The van der Waals surface area contributed by atoms with Gasteiger partial charge in [0.2, 0.25) is 10.0 Å². The number of H-pyrrole nitrogens is 1. The van der Waals surface area contributed by atoms with Crippen LogP contribution in [0.3, 0.4) is 0 Å². The third-order valence-corrected chi connectivity index (χ3v) is 7.69. The number of benzene rings is 2. The van der Waals surface area contributed by atoms with Crippen LogP contribution in [0, 0.1) is 0 Å². The average molecular weight is 491 g/mol. The van der Waals surface area contributed by atoms with Crippen molar-refractivity contribution in [3.05, 3.63) is 53.2 Å². The monoisotopic (exact) mass is 490 g/mol. The first-order chi connectivity index (χ1) is 15.8. The van der Waals surface area contributed by atoms with E-state index in [9.17, 15) is 18.0 Å². The summed E-state index contributed by atoms with van der Waals surface area (Å²) >= 11 is 6.19. The lowest BCUT2D eigenvalue weighted by Gasteiger charge is -2.26. The van der Waals surface area contributed by atoms with Crippen molar-refractivity contribution in [2.24, 2.45) is 0 Å². The number of sulfonamides is 1. The number of hydrogen-bond acceptors (Lipinski definition) is 6. The third-order valence-electron chi connectivity index (χ3n) is 5.47. The molecular formula is C22H23ClN4O5S. The Kier molecular flexibility index (Phi) is 6.68. The van der Waals surface area contributed by atoms with E-state index in [0.29, 0.717) is 24.0 Å².